The van der Waals surface area contributed by atoms with E-state index >= 15 is 0 Å². The average molecular weight is 1300 g/mol. The molecule has 4 aromatic carbocycles. The Bertz CT molecular complexity index is 2860. The fourth-order valence-corrected chi connectivity index (χ4v) is 13.2. The van der Waals surface area contributed by atoms with Crippen molar-refractivity contribution in [1.82, 2.24) is 0 Å². The number of benzene rings is 4. The van der Waals surface area contributed by atoms with Gasteiger partial charge in [-0.15, -0.1) is 11.5 Å². The van der Waals surface area contributed by atoms with Crippen molar-refractivity contribution in [2.24, 2.45) is 0 Å². The molecule has 9 heteroatoms. The molecule has 0 aliphatic carbocycles. The number of hydrogen-bond donors (Lipinski definition) is 0. The van der Waals surface area contributed by atoms with Crippen LogP contribution in [0.1, 0.15) is 396 Å². The molecular weight excluding hydrogens is 1180 g/mol. The molecule has 8 nitrogen and oxygen atoms in total. The monoisotopic (exact) mass is 1300 g/mol. The smallest absolute Gasteiger partial charge is 0.211 e. The summed E-state index contributed by atoms with van der Waals surface area (Å²) >= 11 is 0. The summed E-state index contributed by atoms with van der Waals surface area (Å²) in [5.41, 5.74) is 20.2. The van der Waals surface area contributed by atoms with Gasteiger partial charge >= 0.3 is 0 Å². The van der Waals surface area contributed by atoms with Gasteiger partial charge in [0.15, 0.2) is 23.1 Å². The van der Waals surface area contributed by atoms with E-state index in [4.69, 9.17) is 0 Å². The molecule has 0 spiro atoms. The minimum Gasteiger partial charge on any atom is -0.873 e. The molecule has 0 unspecified atom stereocenters. The van der Waals surface area contributed by atoms with E-state index in [1.807, 2.05) is 55.5 Å². The summed E-state index contributed by atoms with van der Waals surface area (Å²) in [7, 11) is 0. The zero-order chi connectivity index (χ0) is 65.9. The molecule has 5 rings (SSSR count). The molecule has 0 saturated heterocycles. The molecule has 514 valence electrons. The molecule has 92 heavy (non-hydrogen) atoms. The van der Waals surface area contributed by atoms with Crippen LogP contribution in [0.2, 0.25) is 0 Å². The van der Waals surface area contributed by atoms with Crippen LogP contribution in [-0.4, -0.2) is 27.8 Å². The van der Waals surface area contributed by atoms with Crippen molar-refractivity contribution in [3.05, 3.63) is 122 Å². The number of nitrogens with zero attached hydrogens (tertiary/aromatic N) is 2. The van der Waals surface area contributed by atoms with Gasteiger partial charge in [-0.2, -0.15) is 0 Å². The van der Waals surface area contributed by atoms with E-state index in [0.717, 1.165) is 143 Å². The number of aryl methyl sites for hydroxylation is 1. The van der Waals surface area contributed by atoms with Crippen LogP contribution in [0.3, 0.4) is 0 Å². The van der Waals surface area contributed by atoms with E-state index in [2.05, 4.69) is 41.5 Å². The first-order valence-electron chi connectivity index (χ1n) is 37.6. The molecule has 1 aliphatic rings. The first kappa shape index (κ1) is 81.2. The number of ketones is 4. The number of carbonyl (C=O) groups excluding carboxylic acids is 4. The number of allylic oxidation sites excluding steroid dienone is 2. The number of rotatable bonds is 52. The zero-order valence-corrected chi connectivity index (χ0v) is 60.0. The van der Waals surface area contributed by atoms with Crippen LogP contribution in [0, 0.1) is 0 Å². The standard InChI is InChI=1S/C71H114N2O4.C12H12O2.Ni/c1-7-12-17-22-26-30-34-38-43-48-66(74)62-54-52-59(56-64(62)68(76)50-45-40-36-32-28-24-19-14-9-3)70-58(6)61(47-42-21-16-11-5)71(73(70)72)60-53-55-63(67(75)49-44-39-35-31-27-23-18-13-8-2)65(57-60)69(77)51-46-41-37-33-29-25-20-15-10-4;1-2-8-3-4-9-5-6-11(13)12(14)10(9)7-8;/h52-57H,7-51H2,1-6H3;3-7,13-14H,2H2,1H3;/p-2. The topological polar surface area (TPSA) is 140 Å². The summed E-state index contributed by atoms with van der Waals surface area (Å²) in [5, 5.41) is 24.0. The van der Waals surface area contributed by atoms with Crippen LogP contribution in [0.5, 0.6) is 11.5 Å². The summed E-state index contributed by atoms with van der Waals surface area (Å²) < 4.78 is 1.28. The van der Waals surface area contributed by atoms with Crippen LogP contribution in [0.4, 0.5) is 0 Å². The Morgan fingerprint density at radius 1 is 0.370 bits per heavy atom. The summed E-state index contributed by atoms with van der Waals surface area (Å²) in [6.07, 6.45) is 49.6. The van der Waals surface area contributed by atoms with Crippen molar-refractivity contribution in [2.45, 2.75) is 344 Å². The maximum Gasteiger partial charge on any atom is 0.211 e. The Labute approximate surface area is 570 Å². The number of hydrogen-bond acceptors (Lipinski definition) is 6. The van der Waals surface area contributed by atoms with E-state index in [9.17, 15) is 34.9 Å². The summed E-state index contributed by atoms with van der Waals surface area (Å²) in [5.74, 6) is -0.769. The van der Waals surface area contributed by atoms with E-state index in [0.29, 0.717) is 70.3 Å². The SMILES string of the molecule is CCCCCCCCCCCC(=O)c1ccc(C2=C(C)C(CCCCCC)=C(c3ccc(C(=O)CCCCCCCCCCC)c(C(=O)CCCCCCCCCCC)c3)[N+]2=[N-])cc1C(=O)CCCCCCCCCCC.CCc1ccc2ccc([O-])c([O-])c2c1.[Ni]. The van der Waals surface area contributed by atoms with Gasteiger partial charge < -0.3 is 15.7 Å². The van der Waals surface area contributed by atoms with Gasteiger partial charge in [-0.25, -0.2) is 4.70 Å². The van der Waals surface area contributed by atoms with Crippen LogP contribution < -0.4 is 10.2 Å². The van der Waals surface area contributed by atoms with Gasteiger partial charge in [0.2, 0.25) is 11.4 Å². The summed E-state index contributed by atoms with van der Waals surface area (Å²) in [4.78, 5) is 57.0. The molecule has 0 atom stereocenters. The van der Waals surface area contributed by atoms with Gasteiger partial charge in [-0.05, 0) is 105 Å². The van der Waals surface area contributed by atoms with E-state index in [-0.39, 0.29) is 39.6 Å². The van der Waals surface area contributed by atoms with Crippen LogP contribution in [-0.2, 0) is 22.9 Å². The second-order valence-electron chi connectivity index (χ2n) is 26.8. The number of fused-ring (bicyclic) bond motifs is 1. The Hall–Kier alpha value is -5.01. The van der Waals surface area contributed by atoms with Gasteiger partial charge in [-0.1, -0.05) is 297 Å². The fourth-order valence-electron chi connectivity index (χ4n) is 13.2. The Kier molecular flexibility index (Phi) is 43.7. The molecule has 0 bridgehead atoms. The van der Waals surface area contributed by atoms with Crippen LogP contribution >= 0.6 is 0 Å². The molecule has 0 radical (unpaired) electrons. The minimum absolute atomic E-state index is 0. The second kappa shape index (κ2) is 49.5. The largest absolute Gasteiger partial charge is 0.873 e. The van der Waals surface area contributed by atoms with Gasteiger partial charge in [0, 0.05) is 86.7 Å². The fraction of sp³-hybridized carbons (Fsp3) is 0.639. The summed E-state index contributed by atoms with van der Waals surface area (Å²) in [6.45, 7) is 15.3. The molecule has 1 heterocycles. The van der Waals surface area contributed by atoms with Crippen molar-refractivity contribution in [1.29, 1.82) is 0 Å². The van der Waals surface area contributed by atoms with Crippen molar-refractivity contribution >= 4 is 45.3 Å². The van der Waals surface area contributed by atoms with E-state index in [1.165, 1.54) is 165 Å². The quantitative estimate of drug-likeness (QED) is 0.0187. The van der Waals surface area contributed by atoms with Crippen molar-refractivity contribution in [3.8, 4) is 11.5 Å². The molecule has 1 aliphatic heterocycles. The number of Topliss-reactive ketones (excluding diaryl/α,β-unsaturated/α-hetero) is 4. The van der Waals surface area contributed by atoms with Gasteiger partial charge in [0.1, 0.15) is 0 Å². The van der Waals surface area contributed by atoms with Gasteiger partial charge in [0.25, 0.3) is 0 Å². The van der Waals surface area contributed by atoms with Crippen LogP contribution in [0.25, 0.3) is 27.7 Å². The molecular formula is C83H124N2NiO6-2. The Morgan fingerprint density at radius 3 is 1.04 bits per heavy atom. The molecule has 4 aromatic rings. The van der Waals surface area contributed by atoms with Gasteiger partial charge in [0.05, 0.1) is 0 Å². The predicted molar refractivity (Wildman–Crippen MR) is 382 cm³/mol. The first-order chi connectivity index (χ1) is 44.4. The maximum absolute atomic E-state index is 14.4. The third-order valence-electron chi connectivity index (χ3n) is 19.0. The number of carbonyl (C=O) groups is 4. The third-order valence-corrected chi connectivity index (χ3v) is 19.0. The maximum atomic E-state index is 14.4. The van der Waals surface area contributed by atoms with Crippen molar-refractivity contribution in [3.63, 3.8) is 0 Å². The number of unbranched alkanes of at least 4 members (excludes halogenated alkanes) is 35. The second-order valence-corrected chi connectivity index (χ2v) is 26.8. The Balaban J connectivity index is 0.00000128. The predicted octanol–water partition coefficient (Wildman–Crippen LogP) is 24.8. The average Bonchev–Trinajstić information content (AvgIpc) is 1.59. The minimum atomic E-state index is -0.425. The van der Waals surface area contributed by atoms with Crippen molar-refractivity contribution < 1.29 is 50.6 Å². The van der Waals surface area contributed by atoms with Gasteiger partial charge in [-0.3, -0.25) is 19.2 Å². The molecule has 0 fully saturated rings. The third kappa shape index (κ3) is 29.3. The Morgan fingerprint density at radius 2 is 0.685 bits per heavy atom. The molecule has 0 amide bonds. The molecule has 0 N–H and O–H groups in total. The summed E-state index contributed by atoms with van der Waals surface area (Å²) in [6, 6.07) is 20.0. The molecule has 0 saturated carbocycles. The molecule has 0 aromatic heterocycles. The first-order valence-corrected chi connectivity index (χ1v) is 37.6. The normalized spacial score (nSPS) is 12.2. The van der Waals surface area contributed by atoms with E-state index in [1.54, 1.807) is 12.1 Å². The van der Waals surface area contributed by atoms with Crippen molar-refractivity contribution in [2.75, 3.05) is 0 Å². The van der Waals surface area contributed by atoms with Crippen LogP contribution in [0.15, 0.2) is 77.9 Å². The van der Waals surface area contributed by atoms with E-state index < -0.39 is 11.5 Å². The zero-order valence-electron chi connectivity index (χ0n) is 59.0.